The third-order valence-electron chi connectivity index (χ3n) is 4.46. The maximum atomic E-state index is 12.8. The number of carbonyl (C=O) groups excluding carboxylic acids is 2. The van der Waals surface area contributed by atoms with Crippen molar-refractivity contribution in [3.8, 4) is 5.75 Å². The largest absolute Gasteiger partial charge is 0.435 e. The molecule has 1 aromatic heterocycles. The minimum Gasteiger partial charge on any atom is -0.435 e. The lowest BCUT2D eigenvalue weighted by Crippen LogP contribution is -2.26. The summed E-state index contributed by atoms with van der Waals surface area (Å²) in [6.45, 7) is -2.09. The van der Waals surface area contributed by atoms with Crippen LogP contribution in [0.4, 0.5) is 14.5 Å². The van der Waals surface area contributed by atoms with Crippen molar-refractivity contribution in [2.45, 2.75) is 26.1 Å². The van der Waals surface area contributed by atoms with Crippen LogP contribution in [0.1, 0.15) is 22.3 Å². The van der Waals surface area contributed by atoms with Crippen LogP contribution in [0.15, 0.2) is 67.3 Å². The van der Waals surface area contributed by atoms with Crippen molar-refractivity contribution in [2.24, 2.45) is 0 Å². The monoisotopic (exact) mass is 428 g/mol. The second-order valence-electron chi connectivity index (χ2n) is 6.86. The first-order valence-corrected chi connectivity index (χ1v) is 9.55. The number of aryl methyl sites for hydroxylation is 1. The Labute approximate surface area is 178 Å². The summed E-state index contributed by atoms with van der Waals surface area (Å²) in [5, 5.41) is 2.79. The van der Waals surface area contributed by atoms with E-state index in [1.54, 1.807) is 66.7 Å². The van der Waals surface area contributed by atoms with Gasteiger partial charge in [-0.3, -0.25) is 9.59 Å². The van der Waals surface area contributed by atoms with Crippen LogP contribution in [0.3, 0.4) is 0 Å². The van der Waals surface area contributed by atoms with Crippen LogP contribution in [-0.2, 0) is 17.9 Å². The first kappa shape index (κ1) is 21.9. The first-order valence-electron chi connectivity index (χ1n) is 9.55. The molecule has 0 bridgehead atoms. The molecule has 3 aromatic rings. The van der Waals surface area contributed by atoms with E-state index in [0.717, 1.165) is 5.56 Å². The molecule has 2 aromatic carbocycles. The number of amides is 2. The Kier molecular flexibility index (Phi) is 7.31. The van der Waals surface area contributed by atoms with Crippen LogP contribution >= 0.6 is 0 Å². The van der Waals surface area contributed by atoms with Gasteiger partial charge in [0, 0.05) is 50.2 Å². The van der Waals surface area contributed by atoms with Crippen molar-refractivity contribution in [1.29, 1.82) is 0 Å². The number of halogens is 2. The molecule has 0 fully saturated rings. The molecule has 0 aliphatic heterocycles. The Hall–Kier alpha value is -3.75. The second-order valence-corrected chi connectivity index (χ2v) is 6.86. The predicted molar refractivity (Wildman–Crippen MR) is 111 cm³/mol. The molecule has 0 unspecified atom stereocenters. The fourth-order valence-corrected chi connectivity index (χ4v) is 2.95. The van der Waals surface area contributed by atoms with E-state index in [1.807, 2.05) is 0 Å². The third kappa shape index (κ3) is 6.63. The number of carbonyl (C=O) groups is 2. The van der Waals surface area contributed by atoms with Crippen molar-refractivity contribution < 1.29 is 23.1 Å². The van der Waals surface area contributed by atoms with Gasteiger partial charge in [-0.05, 0) is 35.9 Å². The standard InChI is InChI=1S/C22H22F2N4O3/c1-27(14-16-5-7-19(8-6-16)31-22(23)24)21(30)17-3-2-4-18(13-17)26-20(29)9-11-28-12-10-25-15-28/h2-8,10,12-13,15,22H,9,11,14H2,1H3,(H,26,29). The van der Waals surface area contributed by atoms with Gasteiger partial charge in [0.05, 0.1) is 6.33 Å². The summed E-state index contributed by atoms with van der Waals surface area (Å²) in [6.07, 6.45) is 5.35. The molecule has 0 radical (unpaired) electrons. The summed E-state index contributed by atoms with van der Waals surface area (Å²) in [6, 6.07) is 12.8. The predicted octanol–water partition coefficient (Wildman–Crippen LogP) is 3.79. The Balaban J connectivity index is 1.56. The second kappa shape index (κ2) is 10.3. The van der Waals surface area contributed by atoms with Crippen molar-refractivity contribution in [2.75, 3.05) is 12.4 Å². The van der Waals surface area contributed by atoms with Gasteiger partial charge < -0.3 is 19.5 Å². The van der Waals surface area contributed by atoms with Crippen LogP contribution in [0.5, 0.6) is 5.75 Å². The molecule has 0 saturated carbocycles. The van der Waals surface area contributed by atoms with Crippen molar-refractivity contribution in [3.05, 3.63) is 78.4 Å². The summed E-state index contributed by atoms with van der Waals surface area (Å²) in [5.41, 5.74) is 1.72. The van der Waals surface area contributed by atoms with Gasteiger partial charge in [-0.25, -0.2) is 4.98 Å². The third-order valence-corrected chi connectivity index (χ3v) is 4.46. The van der Waals surface area contributed by atoms with Crippen LogP contribution in [0.2, 0.25) is 0 Å². The number of rotatable bonds is 9. The zero-order valence-electron chi connectivity index (χ0n) is 16.9. The van der Waals surface area contributed by atoms with Crippen LogP contribution in [-0.4, -0.2) is 39.9 Å². The van der Waals surface area contributed by atoms with Gasteiger partial charge in [-0.15, -0.1) is 0 Å². The number of aromatic nitrogens is 2. The Morgan fingerprint density at radius 2 is 1.97 bits per heavy atom. The molecule has 0 aliphatic rings. The van der Waals surface area contributed by atoms with Gasteiger partial charge in [0.25, 0.3) is 5.91 Å². The highest BCUT2D eigenvalue weighted by molar-refractivity contribution is 5.97. The van der Waals surface area contributed by atoms with E-state index in [0.29, 0.717) is 17.8 Å². The molecule has 31 heavy (non-hydrogen) atoms. The van der Waals surface area contributed by atoms with Crippen LogP contribution in [0.25, 0.3) is 0 Å². The lowest BCUT2D eigenvalue weighted by molar-refractivity contribution is -0.116. The maximum Gasteiger partial charge on any atom is 0.387 e. The first-order chi connectivity index (χ1) is 14.9. The van der Waals surface area contributed by atoms with Crippen molar-refractivity contribution in [3.63, 3.8) is 0 Å². The highest BCUT2D eigenvalue weighted by Crippen LogP contribution is 2.17. The number of nitrogens with zero attached hydrogens (tertiary/aromatic N) is 3. The van der Waals surface area contributed by atoms with E-state index < -0.39 is 6.61 Å². The van der Waals surface area contributed by atoms with Gasteiger partial charge in [-0.1, -0.05) is 18.2 Å². The SMILES string of the molecule is CN(Cc1ccc(OC(F)F)cc1)C(=O)c1cccc(NC(=O)CCn2ccnc2)c1. The van der Waals surface area contributed by atoms with E-state index in [1.165, 1.54) is 17.0 Å². The summed E-state index contributed by atoms with van der Waals surface area (Å²) in [4.78, 5) is 30.4. The number of imidazole rings is 1. The lowest BCUT2D eigenvalue weighted by atomic mass is 10.1. The average Bonchev–Trinajstić information content (AvgIpc) is 3.26. The maximum absolute atomic E-state index is 12.8. The highest BCUT2D eigenvalue weighted by atomic mass is 19.3. The number of nitrogens with one attached hydrogen (secondary N) is 1. The van der Waals surface area contributed by atoms with Gasteiger partial charge in [0.15, 0.2) is 0 Å². The van der Waals surface area contributed by atoms with Crippen LogP contribution < -0.4 is 10.1 Å². The zero-order chi connectivity index (χ0) is 22.2. The number of ether oxygens (including phenoxy) is 1. The molecular weight excluding hydrogens is 406 g/mol. The Morgan fingerprint density at radius 3 is 2.65 bits per heavy atom. The number of alkyl halides is 2. The van der Waals surface area contributed by atoms with E-state index in [-0.39, 0.29) is 30.5 Å². The Morgan fingerprint density at radius 1 is 1.19 bits per heavy atom. The van der Waals surface area contributed by atoms with Crippen molar-refractivity contribution >= 4 is 17.5 Å². The normalized spacial score (nSPS) is 10.7. The average molecular weight is 428 g/mol. The Bertz CT molecular complexity index is 1010. The summed E-state index contributed by atoms with van der Waals surface area (Å²) >= 11 is 0. The molecule has 7 nitrogen and oxygen atoms in total. The van der Waals surface area contributed by atoms with E-state index >= 15 is 0 Å². The molecule has 9 heteroatoms. The van der Waals surface area contributed by atoms with Gasteiger partial charge in [-0.2, -0.15) is 8.78 Å². The summed E-state index contributed by atoms with van der Waals surface area (Å²) < 4.78 is 30.6. The molecule has 162 valence electrons. The van der Waals surface area contributed by atoms with E-state index in [2.05, 4.69) is 15.0 Å². The molecule has 3 rings (SSSR count). The molecule has 1 heterocycles. The highest BCUT2D eigenvalue weighted by Gasteiger charge is 2.14. The van der Waals surface area contributed by atoms with E-state index in [4.69, 9.17) is 0 Å². The zero-order valence-corrected chi connectivity index (χ0v) is 16.9. The fourth-order valence-electron chi connectivity index (χ4n) is 2.95. The van der Waals surface area contributed by atoms with Gasteiger partial charge in [0.2, 0.25) is 5.91 Å². The van der Waals surface area contributed by atoms with E-state index in [9.17, 15) is 18.4 Å². The summed E-state index contributed by atoms with van der Waals surface area (Å²) in [7, 11) is 1.64. The molecule has 1 N–H and O–H groups in total. The number of hydrogen-bond donors (Lipinski definition) is 1. The molecule has 0 spiro atoms. The molecule has 2 amide bonds. The minimum atomic E-state index is -2.88. The molecule has 0 aliphatic carbocycles. The quantitative estimate of drug-likeness (QED) is 0.563. The molecular formula is C22H22F2N4O3. The van der Waals surface area contributed by atoms with Crippen molar-refractivity contribution in [1.82, 2.24) is 14.5 Å². The van der Waals surface area contributed by atoms with Gasteiger partial charge >= 0.3 is 6.61 Å². The summed E-state index contributed by atoms with van der Waals surface area (Å²) in [5.74, 6) is -0.343. The topological polar surface area (TPSA) is 76.5 Å². The lowest BCUT2D eigenvalue weighted by Gasteiger charge is -2.18. The molecule has 0 saturated heterocycles. The number of hydrogen-bond acceptors (Lipinski definition) is 4. The number of anilines is 1. The van der Waals surface area contributed by atoms with Crippen LogP contribution in [0, 0.1) is 0 Å². The minimum absolute atomic E-state index is 0.0595. The smallest absolute Gasteiger partial charge is 0.387 e. The fraction of sp³-hybridized carbons (Fsp3) is 0.227. The number of benzene rings is 2. The van der Waals surface area contributed by atoms with Gasteiger partial charge in [0.1, 0.15) is 5.75 Å². The molecule has 0 atom stereocenters.